The summed E-state index contributed by atoms with van der Waals surface area (Å²) in [5.74, 6) is 0. The zero-order valence-corrected chi connectivity index (χ0v) is 13.7. The van der Waals surface area contributed by atoms with Gasteiger partial charge in [0.05, 0.1) is 0 Å². The summed E-state index contributed by atoms with van der Waals surface area (Å²) in [6.07, 6.45) is 9.78. The van der Waals surface area contributed by atoms with Gasteiger partial charge in [-0.15, -0.1) is 11.8 Å². The molecule has 2 aliphatic carbocycles. The Hall–Kier alpha value is 0.01000. The highest BCUT2D eigenvalue weighted by Crippen LogP contribution is 2.35. The number of benzene rings is 1. The lowest BCUT2D eigenvalue weighted by Gasteiger charge is -2.21. The fourth-order valence-corrected chi connectivity index (χ4v) is 4.62. The van der Waals surface area contributed by atoms with Crippen LogP contribution in [0.3, 0.4) is 0 Å². The van der Waals surface area contributed by atoms with Crippen LogP contribution in [0.25, 0.3) is 0 Å². The van der Waals surface area contributed by atoms with E-state index in [4.69, 9.17) is 0 Å². The second kappa shape index (κ2) is 6.64. The van der Waals surface area contributed by atoms with Crippen molar-refractivity contribution < 1.29 is 0 Å². The molecule has 1 nitrogen and oxygen atoms in total. The second-order valence-corrected chi connectivity index (χ2v) is 8.01. The van der Waals surface area contributed by atoms with Gasteiger partial charge in [-0.2, -0.15) is 0 Å². The fourth-order valence-electron chi connectivity index (χ4n) is 2.66. The van der Waals surface area contributed by atoms with E-state index >= 15 is 0 Å². The summed E-state index contributed by atoms with van der Waals surface area (Å²) in [6.45, 7) is 1.000. The predicted octanol–water partition coefficient (Wildman–Crippen LogP) is 5.13. The van der Waals surface area contributed by atoms with Crippen LogP contribution in [0, 0.1) is 0 Å². The molecule has 2 fully saturated rings. The first kappa shape index (κ1) is 14.0. The summed E-state index contributed by atoms with van der Waals surface area (Å²) >= 11 is 5.80. The highest BCUT2D eigenvalue weighted by atomic mass is 79.9. The number of hydrogen-bond acceptors (Lipinski definition) is 2. The highest BCUT2D eigenvalue weighted by molar-refractivity contribution is 9.10. The van der Waals surface area contributed by atoms with Crippen molar-refractivity contribution in [3.8, 4) is 0 Å². The van der Waals surface area contributed by atoms with Gasteiger partial charge in [0.15, 0.2) is 0 Å². The van der Waals surface area contributed by atoms with Gasteiger partial charge in [0, 0.05) is 27.2 Å². The van der Waals surface area contributed by atoms with Gasteiger partial charge in [-0.25, -0.2) is 0 Å². The molecule has 2 aliphatic rings. The standard InChI is InChI=1S/C16H22BrNS/c17-16-10-15(19-14-4-2-1-3-5-14)9-6-12(16)11-18-13-7-8-13/h6,9-10,13-14,18H,1-5,7-8,11H2. The van der Waals surface area contributed by atoms with Crippen LogP contribution in [-0.2, 0) is 6.54 Å². The Balaban J connectivity index is 1.57. The summed E-state index contributed by atoms with van der Waals surface area (Å²) in [5, 5.41) is 4.42. The minimum atomic E-state index is 0.781. The maximum absolute atomic E-state index is 3.73. The number of hydrogen-bond donors (Lipinski definition) is 1. The van der Waals surface area contributed by atoms with Crippen molar-refractivity contribution in [3.05, 3.63) is 28.2 Å². The van der Waals surface area contributed by atoms with Crippen molar-refractivity contribution in [1.82, 2.24) is 5.32 Å². The van der Waals surface area contributed by atoms with Crippen LogP contribution in [0.4, 0.5) is 0 Å². The molecule has 104 valence electrons. The molecule has 1 N–H and O–H groups in total. The third-order valence-corrected chi connectivity index (χ3v) is 6.11. The van der Waals surface area contributed by atoms with Gasteiger partial charge >= 0.3 is 0 Å². The van der Waals surface area contributed by atoms with Gasteiger partial charge in [-0.05, 0) is 43.4 Å². The van der Waals surface area contributed by atoms with E-state index in [1.165, 1.54) is 59.9 Å². The molecule has 0 heterocycles. The molecule has 3 heteroatoms. The Morgan fingerprint density at radius 2 is 1.89 bits per heavy atom. The molecule has 0 amide bonds. The van der Waals surface area contributed by atoms with Crippen molar-refractivity contribution in [2.45, 2.75) is 67.7 Å². The molecule has 1 aromatic rings. The van der Waals surface area contributed by atoms with Gasteiger partial charge < -0.3 is 5.32 Å². The topological polar surface area (TPSA) is 12.0 Å². The Labute approximate surface area is 129 Å². The Bertz CT molecular complexity index is 425. The van der Waals surface area contributed by atoms with Crippen molar-refractivity contribution in [1.29, 1.82) is 0 Å². The van der Waals surface area contributed by atoms with Crippen LogP contribution < -0.4 is 5.32 Å². The summed E-state index contributed by atoms with van der Waals surface area (Å²) in [5.41, 5.74) is 1.39. The molecule has 0 aromatic heterocycles. The number of halogens is 1. The van der Waals surface area contributed by atoms with Crippen LogP contribution in [0.15, 0.2) is 27.6 Å². The van der Waals surface area contributed by atoms with Gasteiger partial charge in [0.25, 0.3) is 0 Å². The molecule has 0 spiro atoms. The average Bonchev–Trinajstić information content (AvgIpc) is 3.23. The molecule has 3 rings (SSSR count). The van der Waals surface area contributed by atoms with Crippen molar-refractivity contribution in [3.63, 3.8) is 0 Å². The second-order valence-electron chi connectivity index (χ2n) is 5.79. The molecule has 0 radical (unpaired) electrons. The Morgan fingerprint density at radius 1 is 1.11 bits per heavy atom. The first-order valence-corrected chi connectivity index (χ1v) is 9.17. The predicted molar refractivity (Wildman–Crippen MR) is 86.7 cm³/mol. The zero-order chi connectivity index (χ0) is 13.1. The fraction of sp³-hybridized carbons (Fsp3) is 0.625. The van der Waals surface area contributed by atoms with Gasteiger partial charge in [-0.3, -0.25) is 0 Å². The average molecular weight is 340 g/mol. The molecule has 1 aromatic carbocycles. The molecule has 19 heavy (non-hydrogen) atoms. The molecule has 0 bridgehead atoms. The molecule has 0 aliphatic heterocycles. The number of nitrogens with one attached hydrogen (secondary N) is 1. The van der Waals surface area contributed by atoms with Crippen LogP contribution in [0.1, 0.15) is 50.5 Å². The zero-order valence-electron chi connectivity index (χ0n) is 11.3. The minimum Gasteiger partial charge on any atom is -0.310 e. The lowest BCUT2D eigenvalue weighted by atomic mass is 10.0. The molecule has 2 saturated carbocycles. The first-order valence-electron chi connectivity index (χ1n) is 7.50. The van der Waals surface area contributed by atoms with E-state index in [0.717, 1.165) is 17.8 Å². The van der Waals surface area contributed by atoms with Gasteiger partial charge in [-0.1, -0.05) is 41.3 Å². The monoisotopic (exact) mass is 339 g/mol. The van der Waals surface area contributed by atoms with E-state index in [0.29, 0.717) is 0 Å². The van der Waals surface area contributed by atoms with Crippen LogP contribution >= 0.6 is 27.7 Å². The molecule has 0 unspecified atom stereocenters. The quantitative estimate of drug-likeness (QED) is 0.798. The van der Waals surface area contributed by atoms with Crippen molar-refractivity contribution in [2.75, 3.05) is 0 Å². The molecule has 0 atom stereocenters. The lowest BCUT2D eigenvalue weighted by molar-refractivity contribution is 0.516. The number of thioether (sulfide) groups is 1. The van der Waals surface area contributed by atoms with E-state index in [1.54, 1.807) is 0 Å². The summed E-state index contributed by atoms with van der Waals surface area (Å²) < 4.78 is 1.27. The SMILES string of the molecule is Brc1cc(SC2CCCCC2)ccc1CNC1CC1. The smallest absolute Gasteiger partial charge is 0.0231 e. The van der Waals surface area contributed by atoms with Crippen LogP contribution in [0.5, 0.6) is 0 Å². The van der Waals surface area contributed by atoms with Crippen molar-refractivity contribution >= 4 is 27.7 Å². The molecular formula is C16H22BrNS. The van der Waals surface area contributed by atoms with E-state index in [9.17, 15) is 0 Å². The van der Waals surface area contributed by atoms with Gasteiger partial charge in [0.2, 0.25) is 0 Å². The summed E-state index contributed by atoms with van der Waals surface area (Å²) in [6, 6.07) is 7.67. The normalized spacial score (nSPS) is 20.7. The van der Waals surface area contributed by atoms with Crippen LogP contribution in [0.2, 0.25) is 0 Å². The third kappa shape index (κ3) is 4.24. The largest absolute Gasteiger partial charge is 0.310 e. The minimum absolute atomic E-state index is 0.781. The van der Waals surface area contributed by atoms with E-state index in [1.807, 2.05) is 0 Å². The first-order chi connectivity index (χ1) is 9.31. The molecule has 0 saturated heterocycles. The molecular weight excluding hydrogens is 318 g/mol. The number of rotatable bonds is 5. The van der Waals surface area contributed by atoms with Gasteiger partial charge in [0.1, 0.15) is 0 Å². The van der Waals surface area contributed by atoms with Crippen LogP contribution in [-0.4, -0.2) is 11.3 Å². The maximum Gasteiger partial charge on any atom is 0.0231 e. The van der Waals surface area contributed by atoms with Crippen molar-refractivity contribution in [2.24, 2.45) is 0 Å². The highest BCUT2D eigenvalue weighted by Gasteiger charge is 2.20. The van der Waals surface area contributed by atoms with E-state index < -0.39 is 0 Å². The summed E-state index contributed by atoms with van der Waals surface area (Å²) in [7, 11) is 0. The lowest BCUT2D eigenvalue weighted by Crippen LogP contribution is -2.15. The Kier molecular flexibility index (Phi) is 4.88. The maximum atomic E-state index is 3.73. The van der Waals surface area contributed by atoms with E-state index in [2.05, 4.69) is 51.2 Å². The Morgan fingerprint density at radius 3 is 2.58 bits per heavy atom. The third-order valence-electron chi connectivity index (χ3n) is 4.04. The van der Waals surface area contributed by atoms with E-state index in [-0.39, 0.29) is 0 Å². The summed E-state index contributed by atoms with van der Waals surface area (Å²) in [4.78, 5) is 1.42.